The van der Waals surface area contributed by atoms with E-state index in [1.54, 1.807) is 0 Å². The minimum Gasteiger partial charge on any atom is -0.432 e. The summed E-state index contributed by atoms with van der Waals surface area (Å²) in [6, 6.07) is 0. The van der Waals surface area contributed by atoms with Gasteiger partial charge in [0.25, 0.3) is 0 Å². The van der Waals surface area contributed by atoms with Crippen molar-refractivity contribution >= 4 is 11.8 Å². The van der Waals surface area contributed by atoms with Gasteiger partial charge in [-0.2, -0.15) is 0 Å². The van der Waals surface area contributed by atoms with Crippen molar-refractivity contribution in [2.24, 2.45) is 50.2 Å². The molecule has 0 aromatic rings. The van der Waals surface area contributed by atoms with Gasteiger partial charge in [0.2, 0.25) is 6.29 Å². The minimum atomic E-state index is -1.99. The number of allylic oxidation sites excluding steroid dienone is 2. The first kappa shape index (κ1) is 65.9. The molecular weight excluding hydrogens is 1120 g/mol. The molecule has 5 saturated heterocycles. The number of fused-ring (bicyclic) bond motifs is 7. The normalized spacial score (nSPS) is 56.2. The van der Waals surface area contributed by atoms with Crippen LogP contribution in [0.4, 0.5) is 0 Å². The molecular formula is C59H94O26. The molecule has 26 nitrogen and oxygen atoms in total. The number of Topliss-reactive ketones (excluding diaryl/α,β-unsaturated/α-hetero) is 1. The molecule has 85 heavy (non-hydrogen) atoms. The Bertz CT molecular complexity index is 2450. The Balaban J connectivity index is 0.866. The lowest BCUT2D eigenvalue weighted by Crippen LogP contribution is -2.70. The Kier molecular flexibility index (Phi) is 18.3. The summed E-state index contributed by atoms with van der Waals surface area (Å²) >= 11 is 0. The molecule has 14 N–H and O–H groups in total. The predicted octanol–water partition coefficient (Wildman–Crippen LogP) is -2.34. The summed E-state index contributed by atoms with van der Waals surface area (Å²) in [6.07, 6.45) is -34.8. The highest BCUT2D eigenvalue weighted by atomic mass is 16.8. The molecule has 26 heteroatoms. The van der Waals surface area contributed by atoms with E-state index in [0.29, 0.717) is 32.1 Å². The lowest BCUT2D eigenvalue weighted by Gasteiger charge is -2.71. The van der Waals surface area contributed by atoms with E-state index in [2.05, 4.69) is 40.7 Å². The molecule has 5 aliphatic heterocycles. The van der Waals surface area contributed by atoms with E-state index in [1.807, 2.05) is 6.92 Å². The van der Waals surface area contributed by atoms with Crippen molar-refractivity contribution in [2.45, 2.75) is 280 Å². The fourth-order valence-electron chi connectivity index (χ4n) is 17.5. The van der Waals surface area contributed by atoms with Crippen LogP contribution < -0.4 is 0 Å². The van der Waals surface area contributed by atoms with Gasteiger partial charge in [-0.3, -0.25) is 9.59 Å². The molecule has 486 valence electrons. The Morgan fingerprint density at radius 1 is 0.553 bits per heavy atom. The van der Waals surface area contributed by atoms with E-state index in [1.165, 1.54) is 27.7 Å². The van der Waals surface area contributed by atoms with E-state index in [9.17, 15) is 71.5 Å². The molecule has 5 heterocycles. The summed E-state index contributed by atoms with van der Waals surface area (Å²) in [5, 5.41) is 155. The SMILES string of the molecule is C[C@@H]1O[C@@H](O[C@@H]2[C@@H](O)[C@H](O[C@@H]3[C@@H](O)[C@@H](O)[C@H](O[C@H]4[C@H](OC(=O)[C@]56CCC(C)(C)C[C@H]5C5=CC[C@@H]7[C@@]8(C)C[C@H](O)[C@H](O[C@@H]9O[C@@H](C)[C@H](O)[C@@H](O)[C@H]9O)[C@@](C)(CO)[C@@H]8CC[C@@]7(C)[C@]5(C)CC6=O)O[C@H](C)[C@H](O)[C@@H]4O)O[C@H]3C)OC[C@H]2O)[C@H](O)[C@H](O)[C@H]1O. The maximum Gasteiger partial charge on any atom is 0.322 e. The average molecular weight is 1220 g/mol. The molecule has 0 bridgehead atoms. The number of carbonyl (C=O) groups is 2. The number of hydrogen-bond donors (Lipinski definition) is 14. The van der Waals surface area contributed by atoms with Crippen molar-refractivity contribution in [3.05, 3.63) is 11.6 Å². The van der Waals surface area contributed by atoms with Gasteiger partial charge in [-0.05, 0) is 101 Å². The first-order valence-electron chi connectivity index (χ1n) is 30.4. The van der Waals surface area contributed by atoms with Crippen molar-refractivity contribution in [3.8, 4) is 0 Å². The number of aliphatic hydroxyl groups is 14. The number of rotatable bonds is 11. The van der Waals surface area contributed by atoms with Crippen LogP contribution in [-0.2, 0) is 57.0 Å². The highest BCUT2D eigenvalue weighted by Gasteiger charge is 2.73. The van der Waals surface area contributed by atoms with Gasteiger partial charge in [-0.25, -0.2) is 0 Å². The summed E-state index contributed by atoms with van der Waals surface area (Å²) in [7, 11) is 0. The topological polar surface area (TPSA) is 410 Å². The molecule has 0 radical (unpaired) electrons. The number of esters is 1. The van der Waals surface area contributed by atoms with Crippen molar-refractivity contribution in [1.82, 2.24) is 0 Å². The molecule has 10 rings (SSSR count). The van der Waals surface area contributed by atoms with E-state index in [4.69, 9.17) is 47.4 Å². The molecule has 0 spiro atoms. The van der Waals surface area contributed by atoms with Crippen LogP contribution in [0.25, 0.3) is 0 Å². The molecule has 10 aliphatic rings. The molecule has 34 atom stereocenters. The molecule has 9 fully saturated rings. The zero-order valence-corrected chi connectivity index (χ0v) is 50.1. The lowest BCUT2D eigenvalue weighted by molar-refractivity contribution is -0.379. The molecule has 0 unspecified atom stereocenters. The van der Waals surface area contributed by atoms with Crippen LogP contribution in [-0.4, -0.2) is 256 Å². The predicted molar refractivity (Wildman–Crippen MR) is 287 cm³/mol. The van der Waals surface area contributed by atoms with Crippen molar-refractivity contribution in [2.75, 3.05) is 13.2 Å². The van der Waals surface area contributed by atoms with Gasteiger partial charge >= 0.3 is 5.97 Å². The number of carbonyl (C=O) groups excluding carboxylic acids is 2. The van der Waals surface area contributed by atoms with Crippen LogP contribution in [0.15, 0.2) is 11.6 Å². The van der Waals surface area contributed by atoms with Crippen LogP contribution in [0.5, 0.6) is 0 Å². The number of hydrogen-bond acceptors (Lipinski definition) is 26. The van der Waals surface area contributed by atoms with Gasteiger partial charge < -0.3 is 119 Å². The summed E-state index contributed by atoms with van der Waals surface area (Å²) in [4.78, 5) is 31.1. The zero-order chi connectivity index (χ0) is 62.3. The van der Waals surface area contributed by atoms with Gasteiger partial charge in [0.15, 0.2) is 37.0 Å². The summed E-state index contributed by atoms with van der Waals surface area (Å²) < 4.78 is 59.4. The van der Waals surface area contributed by atoms with Gasteiger partial charge in [0.1, 0.15) is 90.9 Å². The third-order valence-electron chi connectivity index (χ3n) is 22.9. The highest BCUT2D eigenvalue weighted by molar-refractivity contribution is 6.06. The molecule has 0 aromatic carbocycles. The first-order valence-corrected chi connectivity index (χ1v) is 30.4. The minimum absolute atomic E-state index is 0.0541. The van der Waals surface area contributed by atoms with E-state index in [0.717, 1.165) is 5.57 Å². The smallest absolute Gasteiger partial charge is 0.322 e. The number of aliphatic hydroxyl groups excluding tert-OH is 14. The standard InChI is InChI=1S/C59H94O26/c1-22-33(64)36(67)40(71)49(77-22)82-45-29(62)20-76-48(43(45)74)81-44-25(4)80-50(42(73)39(44)70)83-46-38(69)35(66)24(3)79-52(46)85-53(75)59-16-15-54(5,6)17-27(59)26-11-12-31-55(7)18-28(61)47(84-51-41(72)37(68)34(65)23(2)78-51)56(8,21-60)30(55)13-14-57(31,9)58(26,10)19-32(59)63/h11,22-25,27-31,33-52,60-62,64-74H,12-21H2,1-10H3/t22-,23-,24+,25-,27-,28-,29+,30+,31+,33-,34-,35-,36+,37+,38-,39-,40+,41+,42+,43+,44-,45-,46+,47-,48-,49-,50-,51-,52-,55-,56-,57+,58+,59+/m0/s1. The summed E-state index contributed by atoms with van der Waals surface area (Å²) in [5.41, 5.74) is -4.31. The Morgan fingerprint density at radius 3 is 1.67 bits per heavy atom. The van der Waals surface area contributed by atoms with Crippen LogP contribution >= 0.6 is 0 Å². The van der Waals surface area contributed by atoms with Crippen molar-refractivity contribution in [1.29, 1.82) is 0 Å². The van der Waals surface area contributed by atoms with Crippen LogP contribution in [0.1, 0.15) is 121 Å². The molecule has 0 amide bonds. The maximum absolute atomic E-state index is 15.7. The molecule has 5 aliphatic carbocycles. The number of ketones is 1. The second-order valence-corrected chi connectivity index (χ2v) is 28.5. The third-order valence-corrected chi connectivity index (χ3v) is 22.9. The molecule has 4 saturated carbocycles. The zero-order valence-electron chi connectivity index (χ0n) is 50.1. The number of ether oxygens (including phenoxy) is 10. The fourth-order valence-corrected chi connectivity index (χ4v) is 17.5. The Hall–Kier alpha value is -2.04. The first-order chi connectivity index (χ1) is 39.6. The van der Waals surface area contributed by atoms with E-state index in [-0.39, 0.29) is 42.3 Å². The van der Waals surface area contributed by atoms with Crippen LogP contribution in [0, 0.1) is 50.2 Å². The highest BCUT2D eigenvalue weighted by Crippen LogP contribution is 2.75. The van der Waals surface area contributed by atoms with Gasteiger partial charge in [0, 0.05) is 23.2 Å². The average Bonchev–Trinajstić information content (AvgIpc) is 0.676. The summed E-state index contributed by atoms with van der Waals surface area (Å²) in [6.45, 7) is 17.4. The molecule has 0 aromatic heterocycles. The van der Waals surface area contributed by atoms with E-state index < -0.39 is 212 Å². The van der Waals surface area contributed by atoms with Gasteiger partial charge in [-0.1, -0.05) is 53.2 Å². The second-order valence-electron chi connectivity index (χ2n) is 28.5. The van der Waals surface area contributed by atoms with Gasteiger partial charge in [-0.15, -0.1) is 0 Å². The summed E-state index contributed by atoms with van der Waals surface area (Å²) in [5.74, 6) is -2.35. The van der Waals surface area contributed by atoms with Crippen LogP contribution in [0.3, 0.4) is 0 Å². The monoisotopic (exact) mass is 1220 g/mol. The van der Waals surface area contributed by atoms with Crippen molar-refractivity contribution in [3.63, 3.8) is 0 Å². The maximum atomic E-state index is 15.7. The third kappa shape index (κ3) is 10.6. The van der Waals surface area contributed by atoms with Crippen molar-refractivity contribution < 1.29 is 128 Å². The van der Waals surface area contributed by atoms with Crippen LogP contribution in [0.2, 0.25) is 0 Å². The lowest BCUT2D eigenvalue weighted by atomic mass is 9.33. The quantitative estimate of drug-likeness (QED) is 0.0446. The Morgan fingerprint density at radius 2 is 1.07 bits per heavy atom. The second kappa shape index (κ2) is 23.6. The Labute approximate surface area is 494 Å². The fraction of sp³-hybridized carbons (Fsp3) is 0.932. The largest absolute Gasteiger partial charge is 0.432 e. The van der Waals surface area contributed by atoms with Gasteiger partial charge in [0.05, 0.1) is 49.8 Å². The van der Waals surface area contributed by atoms with E-state index >= 15 is 9.59 Å².